The molecule has 0 radical (unpaired) electrons. The molecule has 4 nitrogen and oxygen atoms in total. The van der Waals surface area contributed by atoms with E-state index in [9.17, 15) is 5.11 Å². The number of pyridine rings is 1. The van der Waals surface area contributed by atoms with E-state index in [4.69, 9.17) is 4.74 Å². The molecule has 0 saturated heterocycles. The third kappa shape index (κ3) is 10.4. The Morgan fingerprint density at radius 3 is 2.81 bits per heavy atom. The van der Waals surface area contributed by atoms with Crippen LogP contribution in [-0.2, 0) is 11.3 Å². The van der Waals surface area contributed by atoms with Gasteiger partial charge in [0, 0.05) is 32.1 Å². The average molecular weight is 294 g/mol. The zero-order valence-electron chi connectivity index (χ0n) is 13.3. The normalized spacial score (nSPS) is 12.5. The Balaban J connectivity index is 1.88. The van der Waals surface area contributed by atoms with Crippen molar-refractivity contribution in [1.29, 1.82) is 0 Å². The van der Waals surface area contributed by atoms with Crippen LogP contribution < -0.4 is 5.32 Å². The molecule has 0 aliphatic carbocycles. The highest BCUT2D eigenvalue weighted by Crippen LogP contribution is 2.05. The number of aliphatic hydroxyl groups excluding tert-OH is 1. The lowest BCUT2D eigenvalue weighted by molar-refractivity contribution is 0.0353. The molecular weight excluding hydrogens is 264 g/mol. The minimum Gasteiger partial charge on any atom is -0.389 e. The Kier molecular flexibility index (Phi) is 11.0. The van der Waals surface area contributed by atoms with E-state index in [0.717, 1.165) is 25.1 Å². The summed E-state index contributed by atoms with van der Waals surface area (Å²) in [5.41, 5.74) is 1.12. The number of hydrogen-bond donors (Lipinski definition) is 2. The number of aliphatic hydroxyl groups is 1. The summed E-state index contributed by atoms with van der Waals surface area (Å²) in [6.45, 7) is 4.67. The van der Waals surface area contributed by atoms with Gasteiger partial charge in [0.15, 0.2) is 0 Å². The van der Waals surface area contributed by atoms with Crippen LogP contribution in [0.25, 0.3) is 0 Å². The van der Waals surface area contributed by atoms with E-state index in [0.29, 0.717) is 13.2 Å². The summed E-state index contributed by atoms with van der Waals surface area (Å²) >= 11 is 0. The van der Waals surface area contributed by atoms with E-state index in [1.807, 2.05) is 18.3 Å². The summed E-state index contributed by atoms with van der Waals surface area (Å²) in [7, 11) is 0. The Morgan fingerprint density at radius 1 is 1.24 bits per heavy atom. The molecule has 0 aromatic carbocycles. The predicted octanol–water partition coefficient (Wildman–Crippen LogP) is 2.91. The number of hydrogen-bond acceptors (Lipinski definition) is 4. The van der Waals surface area contributed by atoms with Gasteiger partial charge in [-0.15, -0.1) is 0 Å². The number of aromatic nitrogens is 1. The lowest BCUT2D eigenvalue weighted by Gasteiger charge is -2.12. The maximum atomic E-state index is 9.80. The highest BCUT2D eigenvalue weighted by atomic mass is 16.5. The Morgan fingerprint density at radius 2 is 2.05 bits per heavy atom. The molecule has 120 valence electrons. The van der Waals surface area contributed by atoms with Crippen molar-refractivity contribution in [3.05, 3.63) is 30.1 Å². The summed E-state index contributed by atoms with van der Waals surface area (Å²) in [6.07, 6.45) is 10.7. The lowest BCUT2D eigenvalue weighted by atomic mass is 10.1. The van der Waals surface area contributed by atoms with Gasteiger partial charge in [0.05, 0.1) is 12.7 Å². The van der Waals surface area contributed by atoms with Gasteiger partial charge in [0.2, 0.25) is 0 Å². The zero-order chi connectivity index (χ0) is 15.2. The van der Waals surface area contributed by atoms with Crippen LogP contribution in [0.5, 0.6) is 0 Å². The molecule has 0 amide bonds. The second kappa shape index (κ2) is 12.7. The van der Waals surface area contributed by atoms with Gasteiger partial charge in [-0.1, -0.05) is 45.1 Å². The highest BCUT2D eigenvalue weighted by Gasteiger charge is 2.03. The molecule has 1 rings (SSSR count). The molecule has 0 bridgehead atoms. The highest BCUT2D eigenvalue weighted by molar-refractivity contribution is 5.07. The van der Waals surface area contributed by atoms with Crippen LogP contribution in [-0.4, -0.2) is 36.0 Å². The number of nitrogens with zero attached hydrogens (tertiary/aromatic N) is 1. The summed E-state index contributed by atoms with van der Waals surface area (Å²) in [4.78, 5) is 4.05. The van der Waals surface area contributed by atoms with Crippen LogP contribution in [0.1, 0.15) is 51.0 Å². The summed E-state index contributed by atoms with van der Waals surface area (Å²) < 4.78 is 5.50. The molecule has 0 spiro atoms. The maximum absolute atomic E-state index is 9.80. The van der Waals surface area contributed by atoms with Gasteiger partial charge in [-0.2, -0.15) is 0 Å². The van der Waals surface area contributed by atoms with E-state index in [2.05, 4.69) is 17.2 Å². The summed E-state index contributed by atoms with van der Waals surface area (Å²) in [6, 6.07) is 3.93. The molecule has 1 aromatic heterocycles. The monoisotopic (exact) mass is 294 g/mol. The Bertz CT molecular complexity index is 333. The molecule has 0 aliphatic rings. The zero-order valence-corrected chi connectivity index (χ0v) is 13.3. The van der Waals surface area contributed by atoms with E-state index < -0.39 is 6.10 Å². The molecule has 2 N–H and O–H groups in total. The van der Waals surface area contributed by atoms with E-state index in [1.165, 1.54) is 32.1 Å². The first-order valence-electron chi connectivity index (χ1n) is 8.18. The fourth-order valence-corrected chi connectivity index (χ4v) is 2.15. The SMILES string of the molecule is CCCCCCCCOCC(O)CNCc1cccnc1. The van der Waals surface area contributed by atoms with Gasteiger partial charge in [0.1, 0.15) is 0 Å². The van der Waals surface area contributed by atoms with Gasteiger partial charge in [0.25, 0.3) is 0 Å². The van der Waals surface area contributed by atoms with Crippen LogP contribution in [0, 0.1) is 0 Å². The minimum absolute atomic E-state index is 0.412. The van der Waals surface area contributed by atoms with E-state index in [-0.39, 0.29) is 0 Å². The van der Waals surface area contributed by atoms with Crippen LogP contribution in [0.4, 0.5) is 0 Å². The first-order chi connectivity index (χ1) is 10.3. The number of rotatable bonds is 13. The van der Waals surface area contributed by atoms with E-state index in [1.54, 1.807) is 6.20 Å². The first kappa shape index (κ1) is 18.1. The standard InChI is InChI=1S/C17H30N2O2/c1-2-3-4-5-6-7-11-21-15-17(20)14-19-13-16-9-8-10-18-12-16/h8-10,12,17,19-20H,2-7,11,13-15H2,1H3. The van der Waals surface area contributed by atoms with Crippen molar-refractivity contribution in [3.8, 4) is 0 Å². The topological polar surface area (TPSA) is 54.4 Å². The average Bonchev–Trinajstić information content (AvgIpc) is 2.51. The number of unbranched alkanes of at least 4 members (excludes halogenated alkanes) is 5. The van der Waals surface area contributed by atoms with Crippen molar-refractivity contribution in [2.75, 3.05) is 19.8 Å². The summed E-state index contributed by atoms with van der Waals surface area (Å²) in [5, 5.41) is 13.0. The summed E-state index contributed by atoms with van der Waals surface area (Å²) in [5.74, 6) is 0. The maximum Gasteiger partial charge on any atom is 0.0897 e. The molecule has 21 heavy (non-hydrogen) atoms. The number of nitrogens with one attached hydrogen (secondary N) is 1. The molecule has 1 aromatic rings. The quantitative estimate of drug-likeness (QED) is 0.549. The third-order valence-electron chi connectivity index (χ3n) is 3.38. The van der Waals surface area contributed by atoms with Crippen molar-refractivity contribution in [1.82, 2.24) is 10.3 Å². The smallest absolute Gasteiger partial charge is 0.0897 e. The van der Waals surface area contributed by atoms with Crippen molar-refractivity contribution in [2.45, 2.75) is 58.1 Å². The molecule has 4 heteroatoms. The van der Waals surface area contributed by atoms with Crippen molar-refractivity contribution >= 4 is 0 Å². The van der Waals surface area contributed by atoms with Crippen LogP contribution >= 0.6 is 0 Å². The number of ether oxygens (including phenoxy) is 1. The van der Waals surface area contributed by atoms with Crippen LogP contribution in [0.3, 0.4) is 0 Å². The van der Waals surface area contributed by atoms with E-state index >= 15 is 0 Å². The molecule has 0 saturated carbocycles. The van der Waals surface area contributed by atoms with Crippen LogP contribution in [0.2, 0.25) is 0 Å². The second-order valence-corrected chi connectivity index (χ2v) is 5.49. The first-order valence-corrected chi connectivity index (χ1v) is 8.18. The third-order valence-corrected chi connectivity index (χ3v) is 3.38. The largest absolute Gasteiger partial charge is 0.389 e. The van der Waals surface area contributed by atoms with Gasteiger partial charge in [-0.3, -0.25) is 4.98 Å². The predicted molar refractivity (Wildman–Crippen MR) is 86.1 cm³/mol. The van der Waals surface area contributed by atoms with Crippen molar-refractivity contribution in [3.63, 3.8) is 0 Å². The molecule has 1 atom stereocenters. The van der Waals surface area contributed by atoms with Gasteiger partial charge in [-0.05, 0) is 18.1 Å². The molecule has 1 heterocycles. The molecular formula is C17H30N2O2. The van der Waals surface area contributed by atoms with Crippen molar-refractivity contribution in [2.24, 2.45) is 0 Å². The second-order valence-electron chi connectivity index (χ2n) is 5.49. The Labute approximate surface area is 128 Å². The van der Waals surface area contributed by atoms with Crippen molar-refractivity contribution < 1.29 is 9.84 Å². The fourth-order valence-electron chi connectivity index (χ4n) is 2.15. The van der Waals surface area contributed by atoms with Gasteiger partial charge in [-0.25, -0.2) is 0 Å². The van der Waals surface area contributed by atoms with Crippen LogP contribution in [0.15, 0.2) is 24.5 Å². The molecule has 0 fully saturated rings. The lowest BCUT2D eigenvalue weighted by Crippen LogP contribution is -2.30. The minimum atomic E-state index is -0.443. The molecule has 1 unspecified atom stereocenters. The Hall–Kier alpha value is -0.970. The van der Waals surface area contributed by atoms with Gasteiger partial charge >= 0.3 is 0 Å². The van der Waals surface area contributed by atoms with Gasteiger partial charge < -0.3 is 15.2 Å². The molecule has 0 aliphatic heterocycles. The fraction of sp³-hybridized carbons (Fsp3) is 0.706.